The zero-order chi connectivity index (χ0) is 10.8. The molecular formula is C11H8N2O2. The summed E-state index contributed by atoms with van der Waals surface area (Å²) in [7, 11) is 1.48. The molecule has 0 aliphatic heterocycles. The Hall–Kier alpha value is -2.28. The molecule has 2 rings (SSSR count). The lowest BCUT2D eigenvalue weighted by Crippen LogP contribution is -1.92. The highest BCUT2D eigenvalue weighted by atomic mass is 16.5. The molecule has 4 nitrogen and oxygen atoms in total. The molecule has 1 aromatic heterocycles. The van der Waals surface area contributed by atoms with E-state index in [-0.39, 0.29) is 11.4 Å². The number of fused-ring (bicyclic) bond motifs is 1. The first-order valence-corrected chi connectivity index (χ1v) is 4.33. The number of nitriles is 1. The zero-order valence-electron chi connectivity index (χ0n) is 8.06. The molecule has 74 valence electrons. The fourth-order valence-corrected chi connectivity index (χ4v) is 1.44. The Morgan fingerprint density at radius 2 is 2.20 bits per heavy atom. The highest BCUT2D eigenvalue weighted by Gasteiger charge is 2.08. The fourth-order valence-electron chi connectivity index (χ4n) is 1.44. The van der Waals surface area contributed by atoms with Crippen molar-refractivity contribution in [1.82, 2.24) is 4.98 Å². The molecule has 0 aliphatic carbocycles. The van der Waals surface area contributed by atoms with Gasteiger partial charge >= 0.3 is 0 Å². The molecule has 0 radical (unpaired) electrons. The van der Waals surface area contributed by atoms with Crippen LogP contribution in [0.2, 0.25) is 0 Å². The van der Waals surface area contributed by atoms with Crippen molar-refractivity contribution in [2.24, 2.45) is 0 Å². The van der Waals surface area contributed by atoms with E-state index in [2.05, 4.69) is 4.98 Å². The van der Waals surface area contributed by atoms with Crippen LogP contribution in [0.4, 0.5) is 0 Å². The Labute approximate surface area is 86.4 Å². The van der Waals surface area contributed by atoms with Gasteiger partial charge in [0.15, 0.2) is 0 Å². The lowest BCUT2D eigenvalue weighted by Gasteiger charge is -2.05. The van der Waals surface area contributed by atoms with Gasteiger partial charge in [-0.1, -0.05) is 6.07 Å². The summed E-state index contributed by atoms with van der Waals surface area (Å²) < 4.78 is 5.05. The number of nitrogens with zero attached hydrogens (tertiary/aromatic N) is 2. The molecule has 0 saturated carbocycles. The molecule has 2 aromatic rings. The average molecular weight is 200 g/mol. The number of ether oxygens (including phenoxy) is 1. The molecule has 1 N–H and O–H groups in total. The molecule has 0 atom stereocenters. The maximum Gasteiger partial charge on any atom is 0.222 e. The first-order chi connectivity index (χ1) is 7.26. The summed E-state index contributed by atoms with van der Waals surface area (Å²) in [5.74, 6) is 0.463. The van der Waals surface area contributed by atoms with Gasteiger partial charge in [-0.25, -0.2) is 4.98 Å². The van der Waals surface area contributed by atoms with Gasteiger partial charge in [0.25, 0.3) is 0 Å². The van der Waals surface area contributed by atoms with Gasteiger partial charge in [0.05, 0.1) is 7.11 Å². The molecule has 1 aromatic carbocycles. The summed E-state index contributed by atoms with van der Waals surface area (Å²) in [5.41, 5.74) is 0.223. The lowest BCUT2D eigenvalue weighted by atomic mass is 10.1. The van der Waals surface area contributed by atoms with Crippen molar-refractivity contribution in [1.29, 1.82) is 5.26 Å². The third-order valence-electron chi connectivity index (χ3n) is 2.12. The van der Waals surface area contributed by atoms with Crippen molar-refractivity contribution >= 4 is 10.8 Å². The van der Waals surface area contributed by atoms with Gasteiger partial charge in [-0.15, -0.1) is 0 Å². The molecule has 0 spiro atoms. The second-order valence-corrected chi connectivity index (χ2v) is 3.00. The van der Waals surface area contributed by atoms with Gasteiger partial charge in [-0.2, -0.15) is 5.26 Å². The lowest BCUT2D eigenvalue weighted by molar-refractivity contribution is 0.402. The minimum atomic E-state index is 0.115. The van der Waals surface area contributed by atoms with E-state index in [0.717, 1.165) is 0 Å². The Morgan fingerprint density at radius 3 is 2.87 bits per heavy atom. The van der Waals surface area contributed by atoms with Crippen molar-refractivity contribution in [3.05, 3.63) is 30.0 Å². The van der Waals surface area contributed by atoms with Crippen LogP contribution in [-0.4, -0.2) is 17.2 Å². The highest BCUT2D eigenvalue weighted by molar-refractivity contribution is 5.92. The molecule has 0 bridgehead atoms. The molecule has 0 unspecified atom stereocenters. The number of aromatic hydroxyl groups is 1. The van der Waals surface area contributed by atoms with Crippen molar-refractivity contribution < 1.29 is 9.84 Å². The molecule has 4 heteroatoms. The van der Waals surface area contributed by atoms with Crippen LogP contribution in [0.25, 0.3) is 10.8 Å². The van der Waals surface area contributed by atoms with Crippen LogP contribution in [0, 0.1) is 11.3 Å². The quantitative estimate of drug-likeness (QED) is 0.762. The van der Waals surface area contributed by atoms with Crippen molar-refractivity contribution in [3.63, 3.8) is 0 Å². The smallest absolute Gasteiger partial charge is 0.222 e. The number of rotatable bonds is 1. The van der Waals surface area contributed by atoms with Crippen molar-refractivity contribution in [3.8, 4) is 17.7 Å². The predicted octanol–water partition coefficient (Wildman–Crippen LogP) is 1.82. The first kappa shape index (κ1) is 9.28. The second kappa shape index (κ2) is 3.46. The molecule has 0 saturated heterocycles. The van der Waals surface area contributed by atoms with Crippen LogP contribution in [0.3, 0.4) is 0 Å². The van der Waals surface area contributed by atoms with Gasteiger partial charge < -0.3 is 9.84 Å². The van der Waals surface area contributed by atoms with Gasteiger partial charge in [0, 0.05) is 10.8 Å². The molecular weight excluding hydrogens is 192 g/mol. The molecule has 1 heterocycles. The maximum atomic E-state index is 9.62. The minimum absolute atomic E-state index is 0.115. The third-order valence-corrected chi connectivity index (χ3v) is 2.12. The normalized spacial score (nSPS) is 9.87. The first-order valence-electron chi connectivity index (χ1n) is 4.33. The molecule has 15 heavy (non-hydrogen) atoms. The summed E-state index contributed by atoms with van der Waals surface area (Å²) in [6.07, 6.45) is 0. The Kier molecular flexibility index (Phi) is 2.14. The summed E-state index contributed by atoms with van der Waals surface area (Å²) in [5, 5.41) is 19.6. The van der Waals surface area contributed by atoms with E-state index >= 15 is 0 Å². The predicted molar refractivity (Wildman–Crippen MR) is 54.7 cm³/mol. The number of phenols is 1. The summed E-state index contributed by atoms with van der Waals surface area (Å²) >= 11 is 0. The van der Waals surface area contributed by atoms with E-state index in [1.807, 2.05) is 6.07 Å². The number of phenolic OH excluding ortho intramolecular Hbond substituents is 1. The van der Waals surface area contributed by atoms with E-state index in [1.165, 1.54) is 13.2 Å². The monoisotopic (exact) mass is 200 g/mol. The van der Waals surface area contributed by atoms with Crippen LogP contribution in [0.5, 0.6) is 11.6 Å². The summed E-state index contributed by atoms with van der Waals surface area (Å²) in [6, 6.07) is 8.49. The SMILES string of the molecule is COc1nc(C#N)cc2c(O)cccc12. The largest absolute Gasteiger partial charge is 0.507 e. The van der Waals surface area contributed by atoms with Gasteiger partial charge in [-0.3, -0.25) is 0 Å². The van der Waals surface area contributed by atoms with Crippen LogP contribution in [0.1, 0.15) is 5.69 Å². The highest BCUT2D eigenvalue weighted by Crippen LogP contribution is 2.30. The summed E-state index contributed by atoms with van der Waals surface area (Å²) in [4.78, 5) is 3.98. The Bertz CT molecular complexity index is 558. The Morgan fingerprint density at radius 1 is 1.40 bits per heavy atom. The zero-order valence-corrected chi connectivity index (χ0v) is 8.06. The third kappa shape index (κ3) is 1.44. The van der Waals surface area contributed by atoms with E-state index in [4.69, 9.17) is 10.00 Å². The molecule has 0 aliphatic rings. The standard InChI is InChI=1S/C11H8N2O2/c1-15-11-8-3-2-4-10(14)9(8)5-7(6-12)13-11/h2-5,14H,1H3. The van der Waals surface area contributed by atoms with Crippen LogP contribution in [0.15, 0.2) is 24.3 Å². The van der Waals surface area contributed by atoms with E-state index in [0.29, 0.717) is 16.7 Å². The van der Waals surface area contributed by atoms with Crippen LogP contribution >= 0.6 is 0 Å². The van der Waals surface area contributed by atoms with E-state index in [9.17, 15) is 5.11 Å². The maximum absolute atomic E-state index is 9.62. The fraction of sp³-hybridized carbons (Fsp3) is 0.0909. The number of benzene rings is 1. The number of methoxy groups -OCH3 is 1. The van der Waals surface area contributed by atoms with E-state index < -0.39 is 0 Å². The van der Waals surface area contributed by atoms with Crippen LogP contribution < -0.4 is 4.74 Å². The van der Waals surface area contributed by atoms with E-state index in [1.54, 1.807) is 18.2 Å². The molecule has 0 amide bonds. The van der Waals surface area contributed by atoms with Crippen LogP contribution in [-0.2, 0) is 0 Å². The van der Waals surface area contributed by atoms with Gasteiger partial charge in [0.2, 0.25) is 5.88 Å². The number of hydrogen-bond acceptors (Lipinski definition) is 4. The second-order valence-electron chi connectivity index (χ2n) is 3.00. The number of aromatic nitrogens is 1. The topological polar surface area (TPSA) is 66.1 Å². The van der Waals surface area contributed by atoms with Crippen molar-refractivity contribution in [2.45, 2.75) is 0 Å². The number of hydrogen-bond donors (Lipinski definition) is 1. The number of pyridine rings is 1. The van der Waals surface area contributed by atoms with Gasteiger partial charge in [-0.05, 0) is 18.2 Å². The van der Waals surface area contributed by atoms with Gasteiger partial charge in [0.1, 0.15) is 17.5 Å². The minimum Gasteiger partial charge on any atom is -0.507 e. The summed E-state index contributed by atoms with van der Waals surface area (Å²) in [6.45, 7) is 0. The van der Waals surface area contributed by atoms with Crippen molar-refractivity contribution in [2.75, 3.05) is 7.11 Å². The Balaban J connectivity index is 2.88. The molecule has 0 fully saturated rings. The average Bonchev–Trinajstić information content (AvgIpc) is 2.28.